The number of rotatable bonds is 1. The number of piperazine rings is 1. The third-order valence-corrected chi connectivity index (χ3v) is 3.69. The fraction of sp³-hybridized carbons (Fsp3) is 0.545. The molecule has 21 heavy (non-hydrogen) atoms. The van der Waals surface area contributed by atoms with Gasteiger partial charge in [-0.15, -0.1) is 0 Å². The van der Waals surface area contributed by atoms with Crippen LogP contribution < -0.4 is 5.73 Å². The molecular formula is C11H13BrF3N5O. The zero-order chi connectivity index (χ0) is 15.8. The first-order chi connectivity index (χ1) is 9.70. The standard InChI is InChI=1S/C11H13BrF3N5O/c1-19-2-4-20(5-3-19)10(21)6-9(16)18-7(8(12)17-6)11(13,14)15/h2-5H2,1H3,(H2,16,18). The maximum absolute atomic E-state index is 12.7. The molecule has 2 heterocycles. The van der Waals surface area contributed by atoms with Crippen LogP contribution >= 0.6 is 15.9 Å². The Kier molecular flexibility index (Phi) is 4.38. The van der Waals surface area contributed by atoms with E-state index in [1.165, 1.54) is 4.90 Å². The SMILES string of the molecule is CN1CCN(C(=O)c2nc(Br)c(C(F)(F)F)nc2N)CC1. The summed E-state index contributed by atoms with van der Waals surface area (Å²) < 4.78 is 37.5. The van der Waals surface area contributed by atoms with Crippen LogP contribution in [0.5, 0.6) is 0 Å². The monoisotopic (exact) mass is 367 g/mol. The third-order valence-electron chi connectivity index (χ3n) is 3.14. The Morgan fingerprint density at radius 2 is 1.81 bits per heavy atom. The quantitative estimate of drug-likeness (QED) is 0.807. The van der Waals surface area contributed by atoms with Crippen molar-refractivity contribution in [1.82, 2.24) is 19.8 Å². The van der Waals surface area contributed by atoms with Gasteiger partial charge >= 0.3 is 6.18 Å². The molecule has 0 spiro atoms. The minimum absolute atomic E-state index is 0.264. The molecule has 2 N–H and O–H groups in total. The van der Waals surface area contributed by atoms with Crippen molar-refractivity contribution in [1.29, 1.82) is 0 Å². The number of hydrogen-bond acceptors (Lipinski definition) is 5. The molecule has 1 amide bonds. The smallest absolute Gasteiger partial charge is 0.382 e. The van der Waals surface area contributed by atoms with E-state index < -0.39 is 28.2 Å². The number of amides is 1. The summed E-state index contributed by atoms with van der Waals surface area (Å²) in [4.78, 5) is 22.7. The largest absolute Gasteiger partial charge is 0.436 e. The van der Waals surface area contributed by atoms with Crippen LogP contribution in [0.2, 0.25) is 0 Å². The Morgan fingerprint density at radius 3 is 2.33 bits per heavy atom. The highest BCUT2D eigenvalue weighted by Crippen LogP contribution is 2.33. The van der Waals surface area contributed by atoms with E-state index in [9.17, 15) is 18.0 Å². The van der Waals surface area contributed by atoms with Gasteiger partial charge in [0.15, 0.2) is 17.2 Å². The number of alkyl halides is 3. The summed E-state index contributed by atoms with van der Waals surface area (Å²) in [5.74, 6) is -1.03. The predicted molar refractivity (Wildman–Crippen MR) is 72.5 cm³/mol. The van der Waals surface area contributed by atoms with E-state index in [2.05, 4.69) is 25.9 Å². The molecule has 0 saturated carbocycles. The second-order valence-electron chi connectivity index (χ2n) is 4.69. The van der Waals surface area contributed by atoms with E-state index in [-0.39, 0.29) is 5.69 Å². The van der Waals surface area contributed by atoms with Gasteiger partial charge in [-0.05, 0) is 23.0 Å². The first-order valence-electron chi connectivity index (χ1n) is 6.08. The van der Waals surface area contributed by atoms with E-state index in [1.807, 2.05) is 11.9 Å². The van der Waals surface area contributed by atoms with Gasteiger partial charge in [-0.3, -0.25) is 4.79 Å². The average molecular weight is 368 g/mol. The number of nitrogen functional groups attached to an aromatic ring is 1. The zero-order valence-corrected chi connectivity index (χ0v) is 12.7. The highest BCUT2D eigenvalue weighted by atomic mass is 79.9. The van der Waals surface area contributed by atoms with Crippen molar-refractivity contribution in [2.24, 2.45) is 0 Å². The lowest BCUT2D eigenvalue weighted by Crippen LogP contribution is -2.47. The molecule has 116 valence electrons. The highest BCUT2D eigenvalue weighted by molar-refractivity contribution is 9.10. The molecule has 1 fully saturated rings. The molecule has 0 bridgehead atoms. The summed E-state index contributed by atoms with van der Waals surface area (Å²) in [7, 11) is 1.92. The van der Waals surface area contributed by atoms with E-state index >= 15 is 0 Å². The molecule has 1 aromatic rings. The second kappa shape index (κ2) is 5.76. The molecule has 1 aliphatic heterocycles. The highest BCUT2D eigenvalue weighted by Gasteiger charge is 2.37. The lowest BCUT2D eigenvalue weighted by molar-refractivity contribution is -0.142. The summed E-state index contributed by atoms with van der Waals surface area (Å²) in [6.45, 7) is 2.30. The van der Waals surface area contributed by atoms with Gasteiger partial charge in [0.05, 0.1) is 0 Å². The Hall–Kier alpha value is -1.42. The van der Waals surface area contributed by atoms with Crippen molar-refractivity contribution in [3.05, 3.63) is 16.0 Å². The molecule has 2 rings (SSSR count). The molecular weight excluding hydrogens is 355 g/mol. The van der Waals surface area contributed by atoms with Gasteiger partial charge in [0, 0.05) is 26.2 Å². The van der Waals surface area contributed by atoms with Gasteiger partial charge in [-0.1, -0.05) is 0 Å². The molecule has 6 nitrogen and oxygen atoms in total. The average Bonchev–Trinajstić information content (AvgIpc) is 2.40. The minimum Gasteiger partial charge on any atom is -0.382 e. The molecule has 1 aliphatic rings. The summed E-state index contributed by atoms with van der Waals surface area (Å²) in [5, 5.41) is 0. The number of aromatic nitrogens is 2. The van der Waals surface area contributed by atoms with Crippen LogP contribution in [0.15, 0.2) is 4.60 Å². The number of anilines is 1. The molecule has 0 aromatic carbocycles. The Balaban J connectivity index is 2.28. The molecule has 0 atom stereocenters. The molecule has 0 unspecified atom stereocenters. The Bertz CT molecular complexity index is 558. The Morgan fingerprint density at radius 1 is 1.24 bits per heavy atom. The number of hydrogen-bond donors (Lipinski definition) is 1. The number of likely N-dealkylation sites (N-methyl/N-ethyl adjacent to an activating group) is 1. The summed E-state index contributed by atoms with van der Waals surface area (Å²) in [6.07, 6.45) is -4.69. The number of carbonyl (C=O) groups is 1. The van der Waals surface area contributed by atoms with Crippen LogP contribution in [-0.2, 0) is 6.18 Å². The number of halogens is 4. The zero-order valence-electron chi connectivity index (χ0n) is 11.1. The number of nitrogens with zero attached hydrogens (tertiary/aromatic N) is 4. The van der Waals surface area contributed by atoms with Crippen LogP contribution in [-0.4, -0.2) is 58.9 Å². The van der Waals surface area contributed by atoms with Crippen LogP contribution in [0.1, 0.15) is 16.2 Å². The van der Waals surface area contributed by atoms with E-state index in [0.717, 1.165) is 0 Å². The predicted octanol–water partition coefficient (Wildman–Crippen LogP) is 1.23. The topological polar surface area (TPSA) is 75.3 Å². The van der Waals surface area contributed by atoms with Crippen molar-refractivity contribution in [3.8, 4) is 0 Å². The maximum atomic E-state index is 12.7. The van der Waals surface area contributed by atoms with E-state index in [1.54, 1.807) is 0 Å². The maximum Gasteiger partial charge on any atom is 0.436 e. The fourth-order valence-electron chi connectivity index (χ4n) is 1.92. The van der Waals surface area contributed by atoms with Gasteiger partial charge in [0.2, 0.25) is 0 Å². The van der Waals surface area contributed by atoms with Crippen molar-refractivity contribution < 1.29 is 18.0 Å². The second-order valence-corrected chi connectivity index (χ2v) is 5.44. The van der Waals surface area contributed by atoms with Crippen molar-refractivity contribution in [3.63, 3.8) is 0 Å². The van der Waals surface area contributed by atoms with Gasteiger partial charge in [-0.25, -0.2) is 9.97 Å². The molecule has 0 aliphatic carbocycles. The van der Waals surface area contributed by atoms with E-state index in [0.29, 0.717) is 26.2 Å². The molecule has 1 aromatic heterocycles. The van der Waals surface area contributed by atoms with Crippen molar-refractivity contribution in [2.45, 2.75) is 6.18 Å². The number of carbonyl (C=O) groups excluding carboxylic acids is 1. The van der Waals surface area contributed by atoms with Crippen LogP contribution in [0.25, 0.3) is 0 Å². The first-order valence-corrected chi connectivity index (χ1v) is 6.87. The lowest BCUT2D eigenvalue weighted by Gasteiger charge is -2.32. The van der Waals surface area contributed by atoms with Crippen LogP contribution in [0, 0.1) is 0 Å². The van der Waals surface area contributed by atoms with Crippen molar-refractivity contribution in [2.75, 3.05) is 39.0 Å². The summed E-state index contributed by atoms with van der Waals surface area (Å²) in [6, 6.07) is 0. The lowest BCUT2D eigenvalue weighted by atomic mass is 10.2. The summed E-state index contributed by atoms with van der Waals surface area (Å²) >= 11 is 2.69. The Labute approximate surface area is 127 Å². The minimum atomic E-state index is -4.69. The van der Waals surface area contributed by atoms with Crippen LogP contribution in [0.4, 0.5) is 19.0 Å². The van der Waals surface area contributed by atoms with E-state index in [4.69, 9.17) is 5.73 Å². The molecule has 1 saturated heterocycles. The molecule has 0 radical (unpaired) electrons. The third kappa shape index (κ3) is 3.43. The van der Waals surface area contributed by atoms with Gasteiger partial charge in [0.25, 0.3) is 5.91 Å². The first kappa shape index (κ1) is 16.0. The van der Waals surface area contributed by atoms with Gasteiger partial charge < -0.3 is 15.5 Å². The normalized spacial score (nSPS) is 17.1. The number of nitrogens with two attached hydrogens (primary N) is 1. The van der Waals surface area contributed by atoms with Gasteiger partial charge in [-0.2, -0.15) is 13.2 Å². The van der Waals surface area contributed by atoms with Crippen LogP contribution in [0.3, 0.4) is 0 Å². The van der Waals surface area contributed by atoms with Crippen molar-refractivity contribution >= 4 is 27.7 Å². The van der Waals surface area contributed by atoms with Gasteiger partial charge in [0.1, 0.15) is 4.60 Å². The fourth-order valence-corrected chi connectivity index (χ4v) is 2.42. The summed E-state index contributed by atoms with van der Waals surface area (Å²) in [5.41, 5.74) is 3.96. The molecule has 10 heteroatoms.